The number of nitrogens with one attached hydrogen (secondary N) is 1. The molecule has 2 heterocycles. The fourth-order valence-electron chi connectivity index (χ4n) is 3.62. The summed E-state index contributed by atoms with van der Waals surface area (Å²) in [6.45, 7) is 7.15. The summed E-state index contributed by atoms with van der Waals surface area (Å²) in [4.78, 5) is 43.9. The Bertz CT molecular complexity index is 1380. The number of nitrogens with zero attached hydrogens (tertiary/aromatic N) is 2. The average Bonchev–Trinajstić information content (AvgIpc) is 3.11. The summed E-state index contributed by atoms with van der Waals surface area (Å²) >= 11 is 1.47. The van der Waals surface area contributed by atoms with Gasteiger partial charge >= 0.3 is 0 Å². The van der Waals surface area contributed by atoms with Gasteiger partial charge in [0.2, 0.25) is 5.91 Å². The first-order valence-electron chi connectivity index (χ1n) is 10.3. The van der Waals surface area contributed by atoms with Gasteiger partial charge in [0, 0.05) is 21.7 Å². The normalized spacial score (nSPS) is 12.0. The number of benzene rings is 2. The van der Waals surface area contributed by atoms with E-state index < -0.39 is 6.04 Å². The SMILES string of the molecule is CC(=O)c1ccc(NC(=O)C(C)n2cnc3sc(C)c(-c4ccc(C)cc4)c3c2=O)cc1. The van der Waals surface area contributed by atoms with Crippen molar-refractivity contribution in [3.8, 4) is 11.1 Å². The number of amides is 1. The summed E-state index contributed by atoms with van der Waals surface area (Å²) in [6, 6.07) is 13.9. The summed E-state index contributed by atoms with van der Waals surface area (Å²) in [6.07, 6.45) is 1.43. The minimum atomic E-state index is -0.766. The molecule has 0 bridgehead atoms. The third kappa shape index (κ3) is 3.99. The third-order valence-corrected chi connectivity index (χ3v) is 6.52. The van der Waals surface area contributed by atoms with Crippen LogP contribution in [0.1, 0.15) is 40.7 Å². The van der Waals surface area contributed by atoms with Gasteiger partial charge in [-0.05, 0) is 57.5 Å². The molecular formula is C25H23N3O3S. The van der Waals surface area contributed by atoms with Gasteiger partial charge in [-0.2, -0.15) is 0 Å². The Labute approximate surface area is 189 Å². The molecule has 1 amide bonds. The lowest BCUT2D eigenvalue weighted by Gasteiger charge is -2.15. The van der Waals surface area contributed by atoms with E-state index in [1.165, 1.54) is 29.2 Å². The summed E-state index contributed by atoms with van der Waals surface area (Å²) in [5, 5.41) is 3.34. The predicted octanol–water partition coefficient (Wildman–Crippen LogP) is 5.14. The average molecular weight is 446 g/mol. The first kappa shape index (κ1) is 21.6. The molecule has 6 nitrogen and oxygen atoms in total. The molecule has 162 valence electrons. The van der Waals surface area contributed by atoms with E-state index >= 15 is 0 Å². The van der Waals surface area contributed by atoms with Crippen molar-refractivity contribution < 1.29 is 9.59 Å². The zero-order chi connectivity index (χ0) is 23.0. The minimum absolute atomic E-state index is 0.0439. The number of hydrogen-bond acceptors (Lipinski definition) is 5. The zero-order valence-electron chi connectivity index (χ0n) is 18.3. The van der Waals surface area contributed by atoms with Crippen molar-refractivity contribution in [3.05, 3.63) is 81.2 Å². The molecule has 1 unspecified atom stereocenters. The van der Waals surface area contributed by atoms with Crippen molar-refractivity contribution in [1.29, 1.82) is 0 Å². The van der Waals surface area contributed by atoms with Crippen molar-refractivity contribution in [1.82, 2.24) is 9.55 Å². The fraction of sp³-hybridized carbons (Fsp3) is 0.200. The highest BCUT2D eigenvalue weighted by atomic mass is 32.1. The van der Waals surface area contributed by atoms with Crippen LogP contribution in [0.15, 0.2) is 59.7 Å². The van der Waals surface area contributed by atoms with Crippen LogP contribution in [0.4, 0.5) is 5.69 Å². The number of hydrogen-bond donors (Lipinski definition) is 1. The van der Waals surface area contributed by atoms with Crippen molar-refractivity contribution >= 4 is 38.9 Å². The molecule has 0 radical (unpaired) electrons. The lowest BCUT2D eigenvalue weighted by Crippen LogP contribution is -2.31. The third-order valence-electron chi connectivity index (χ3n) is 5.51. The molecule has 32 heavy (non-hydrogen) atoms. The van der Waals surface area contributed by atoms with Gasteiger partial charge in [-0.15, -0.1) is 11.3 Å². The Kier molecular flexibility index (Phi) is 5.76. The minimum Gasteiger partial charge on any atom is -0.324 e. The van der Waals surface area contributed by atoms with Crippen LogP contribution in [-0.2, 0) is 4.79 Å². The van der Waals surface area contributed by atoms with E-state index in [0.717, 1.165) is 21.6 Å². The molecule has 0 aliphatic heterocycles. The zero-order valence-corrected chi connectivity index (χ0v) is 19.1. The molecule has 0 aliphatic carbocycles. The largest absolute Gasteiger partial charge is 0.324 e. The molecule has 0 aliphatic rings. The lowest BCUT2D eigenvalue weighted by molar-refractivity contribution is -0.118. The smallest absolute Gasteiger partial charge is 0.263 e. The second-order valence-electron chi connectivity index (χ2n) is 7.84. The fourth-order valence-corrected chi connectivity index (χ4v) is 4.62. The van der Waals surface area contributed by atoms with Crippen LogP contribution in [0.25, 0.3) is 21.3 Å². The van der Waals surface area contributed by atoms with Gasteiger partial charge in [-0.3, -0.25) is 19.0 Å². The second-order valence-corrected chi connectivity index (χ2v) is 9.04. The Morgan fingerprint density at radius 1 is 1.03 bits per heavy atom. The summed E-state index contributed by atoms with van der Waals surface area (Å²) < 4.78 is 1.37. The van der Waals surface area contributed by atoms with Crippen molar-refractivity contribution in [2.24, 2.45) is 0 Å². The van der Waals surface area contributed by atoms with Crippen molar-refractivity contribution in [2.75, 3.05) is 5.32 Å². The maximum Gasteiger partial charge on any atom is 0.263 e. The number of Topliss-reactive ketones (excluding diaryl/α,β-unsaturated/α-hetero) is 1. The molecule has 0 spiro atoms. The molecule has 1 atom stereocenters. The van der Waals surface area contributed by atoms with E-state index in [-0.39, 0.29) is 17.2 Å². The first-order valence-corrected chi connectivity index (χ1v) is 11.1. The van der Waals surface area contributed by atoms with Crippen molar-refractivity contribution in [2.45, 2.75) is 33.7 Å². The highest BCUT2D eigenvalue weighted by Gasteiger charge is 2.22. The van der Waals surface area contributed by atoms with Crippen LogP contribution in [-0.4, -0.2) is 21.2 Å². The Balaban J connectivity index is 1.69. The molecule has 0 fully saturated rings. The maximum atomic E-state index is 13.4. The number of aryl methyl sites for hydroxylation is 2. The van der Waals surface area contributed by atoms with E-state index in [0.29, 0.717) is 21.5 Å². The summed E-state index contributed by atoms with van der Waals surface area (Å²) in [7, 11) is 0. The maximum absolute atomic E-state index is 13.4. The number of aromatic nitrogens is 2. The van der Waals surface area contributed by atoms with E-state index in [4.69, 9.17) is 0 Å². The van der Waals surface area contributed by atoms with Gasteiger partial charge in [0.1, 0.15) is 10.9 Å². The number of carbonyl (C=O) groups excluding carboxylic acids is 2. The molecule has 0 saturated heterocycles. The van der Waals surface area contributed by atoms with Crippen LogP contribution < -0.4 is 10.9 Å². The molecule has 4 aromatic rings. The van der Waals surface area contributed by atoms with Gasteiger partial charge in [0.05, 0.1) is 11.7 Å². The van der Waals surface area contributed by atoms with E-state index in [1.54, 1.807) is 31.2 Å². The lowest BCUT2D eigenvalue weighted by atomic mass is 10.0. The van der Waals surface area contributed by atoms with Crippen LogP contribution in [0.5, 0.6) is 0 Å². The number of thiophene rings is 1. The Morgan fingerprint density at radius 2 is 1.69 bits per heavy atom. The molecule has 2 aromatic carbocycles. The quantitative estimate of drug-likeness (QED) is 0.431. The van der Waals surface area contributed by atoms with Crippen LogP contribution in [0.3, 0.4) is 0 Å². The van der Waals surface area contributed by atoms with E-state index in [2.05, 4.69) is 10.3 Å². The van der Waals surface area contributed by atoms with Crippen LogP contribution in [0.2, 0.25) is 0 Å². The highest BCUT2D eigenvalue weighted by molar-refractivity contribution is 7.19. The summed E-state index contributed by atoms with van der Waals surface area (Å²) in [5.41, 5.74) is 3.84. The molecule has 7 heteroatoms. The highest BCUT2D eigenvalue weighted by Crippen LogP contribution is 2.35. The Hall–Kier alpha value is -3.58. The van der Waals surface area contributed by atoms with Gasteiger partial charge in [0.25, 0.3) is 5.56 Å². The van der Waals surface area contributed by atoms with Crippen LogP contribution in [0, 0.1) is 13.8 Å². The number of ketones is 1. The number of fused-ring (bicyclic) bond motifs is 1. The number of anilines is 1. The van der Waals surface area contributed by atoms with Gasteiger partial charge < -0.3 is 5.32 Å². The topological polar surface area (TPSA) is 81.1 Å². The second kappa shape index (κ2) is 8.51. The summed E-state index contributed by atoms with van der Waals surface area (Å²) in [5.74, 6) is -0.384. The first-order chi connectivity index (χ1) is 15.3. The van der Waals surface area contributed by atoms with Gasteiger partial charge in [-0.25, -0.2) is 4.98 Å². The van der Waals surface area contributed by atoms with E-state index in [9.17, 15) is 14.4 Å². The van der Waals surface area contributed by atoms with Gasteiger partial charge in [-0.1, -0.05) is 29.8 Å². The predicted molar refractivity (Wildman–Crippen MR) is 129 cm³/mol. The molecule has 4 rings (SSSR count). The number of rotatable bonds is 5. The van der Waals surface area contributed by atoms with Gasteiger partial charge in [0.15, 0.2) is 5.78 Å². The monoisotopic (exact) mass is 445 g/mol. The standard InChI is InChI=1S/C25H23N3O3S/c1-14-5-7-19(8-6-14)21-17(4)32-24-22(21)25(31)28(13-26-24)15(2)23(30)27-20-11-9-18(10-12-20)16(3)29/h5-13,15H,1-4H3,(H,27,30). The molecular weight excluding hydrogens is 422 g/mol. The van der Waals surface area contributed by atoms with Crippen molar-refractivity contribution in [3.63, 3.8) is 0 Å². The van der Waals surface area contributed by atoms with E-state index in [1.807, 2.05) is 38.1 Å². The molecule has 0 saturated carbocycles. The molecule has 1 N–H and O–H groups in total. The van der Waals surface area contributed by atoms with Crippen LogP contribution >= 0.6 is 11.3 Å². The molecule has 2 aromatic heterocycles. The Morgan fingerprint density at radius 3 is 2.31 bits per heavy atom. The number of carbonyl (C=O) groups is 2.